The molecule has 1 nitrogen and oxygen atoms in total. The van der Waals surface area contributed by atoms with E-state index in [2.05, 4.69) is 96.2 Å². The van der Waals surface area contributed by atoms with Crippen molar-refractivity contribution in [3.63, 3.8) is 0 Å². The predicted octanol–water partition coefficient (Wildman–Crippen LogP) is 6.34. The molecule has 0 aliphatic carbocycles. The molecule has 0 atom stereocenters. The van der Waals surface area contributed by atoms with Crippen molar-refractivity contribution >= 4 is 32.8 Å². The lowest BCUT2D eigenvalue weighted by molar-refractivity contribution is 1.22. The molecule has 0 saturated carbocycles. The summed E-state index contributed by atoms with van der Waals surface area (Å²) >= 11 is 1.80. The second-order valence-electron chi connectivity index (χ2n) is 5.59. The van der Waals surface area contributed by atoms with Crippen molar-refractivity contribution in [3.8, 4) is 11.1 Å². The molecule has 0 saturated heterocycles. The minimum atomic E-state index is 1.20. The van der Waals surface area contributed by atoms with Gasteiger partial charge in [-0.3, -0.25) is 0 Å². The zero-order valence-corrected chi connectivity index (χ0v) is 13.8. The van der Waals surface area contributed by atoms with Crippen LogP contribution in [0.5, 0.6) is 0 Å². The van der Waals surface area contributed by atoms with Gasteiger partial charge in [-0.05, 0) is 52.2 Å². The highest BCUT2D eigenvalue weighted by molar-refractivity contribution is 7.17. The average Bonchev–Trinajstić information content (AvgIpc) is 3.10. The minimum Gasteiger partial charge on any atom is -0.343 e. The number of rotatable bonds is 3. The molecular weight excluding hydrogens is 298 g/mol. The fraction of sp³-hybridized carbons (Fsp3) is 0.0476. The Morgan fingerprint density at radius 2 is 1.43 bits per heavy atom. The monoisotopic (exact) mass is 315 g/mol. The van der Waals surface area contributed by atoms with E-state index in [4.69, 9.17) is 0 Å². The van der Waals surface area contributed by atoms with Crippen LogP contribution in [0.25, 0.3) is 21.2 Å². The van der Waals surface area contributed by atoms with Crippen molar-refractivity contribution in [1.29, 1.82) is 0 Å². The van der Waals surface area contributed by atoms with E-state index in [1.54, 1.807) is 11.3 Å². The highest BCUT2D eigenvalue weighted by Gasteiger charge is 2.12. The molecule has 4 rings (SSSR count). The van der Waals surface area contributed by atoms with Crippen LogP contribution in [0.2, 0.25) is 0 Å². The zero-order chi connectivity index (χ0) is 15.6. The molecule has 0 N–H and O–H groups in total. The van der Waals surface area contributed by atoms with Gasteiger partial charge in [0.25, 0.3) is 0 Å². The Balaban J connectivity index is 1.90. The Kier molecular flexibility index (Phi) is 3.60. The summed E-state index contributed by atoms with van der Waals surface area (Å²) in [7, 11) is 2.14. The first-order chi connectivity index (χ1) is 11.3. The van der Waals surface area contributed by atoms with E-state index in [1.165, 1.54) is 32.6 Å². The number of benzene rings is 3. The molecule has 0 bridgehead atoms. The molecule has 0 aliphatic heterocycles. The van der Waals surface area contributed by atoms with Crippen LogP contribution in [0, 0.1) is 0 Å². The molecule has 0 spiro atoms. The fourth-order valence-corrected chi connectivity index (χ4v) is 3.83. The zero-order valence-electron chi connectivity index (χ0n) is 12.9. The van der Waals surface area contributed by atoms with Crippen molar-refractivity contribution in [1.82, 2.24) is 0 Å². The third-order valence-electron chi connectivity index (χ3n) is 4.14. The van der Waals surface area contributed by atoms with Gasteiger partial charge in [-0.25, -0.2) is 0 Å². The van der Waals surface area contributed by atoms with Gasteiger partial charge in [0.1, 0.15) is 0 Å². The Labute approximate surface area is 140 Å². The van der Waals surface area contributed by atoms with Crippen molar-refractivity contribution in [3.05, 3.63) is 84.2 Å². The van der Waals surface area contributed by atoms with Gasteiger partial charge in [-0.2, -0.15) is 0 Å². The van der Waals surface area contributed by atoms with Crippen LogP contribution < -0.4 is 4.90 Å². The lowest BCUT2D eigenvalue weighted by Gasteiger charge is -2.21. The Hall–Kier alpha value is -2.58. The summed E-state index contributed by atoms with van der Waals surface area (Å²) in [5.41, 5.74) is 4.97. The van der Waals surface area contributed by atoms with Gasteiger partial charge in [0.05, 0.1) is 10.4 Å². The summed E-state index contributed by atoms with van der Waals surface area (Å²) in [6.45, 7) is 0. The van der Waals surface area contributed by atoms with Crippen LogP contribution in [-0.4, -0.2) is 7.05 Å². The number of anilines is 2. The van der Waals surface area contributed by atoms with Crippen LogP contribution in [-0.2, 0) is 0 Å². The van der Waals surface area contributed by atoms with E-state index >= 15 is 0 Å². The van der Waals surface area contributed by atoms with Crippen LogP contribution in [0.15, 0.2) is 84.2 Å². The van der Waals surface area contributed by atoms with Gasteiger partial charge in [0, 0.05) is 12.7 Å². The highest BCUT2D eigenvalue weighted by Crippen LogP contribution is 2.38. The molecule has 4 aromatic rings. The van der Waals surface area contributed by atoms with Gasteiger partial charge in [0.15, 0.2) is 0 Å². The second-order valence-corrected chi connectivity index (χ2v) is 6.51. The molecule has 1 aromatic heterocycles. The third kappa shape index (κ3) is 2.62. The van der Waals surface area contributed by atoms with Crippen molar-refractivity contribution in [2.24, 2.45) is 0 Å². The number of para-hydroxylation sites is 1. The van der Waals surface area contributed by atoms with Crippen LogP contribution in [0.1, 0.15) is 0 Å². The van der Waals surface area contributed by atoms with Gasteiger partial charge < -0.3 is 4.90 Å². The Morgan fingerprint density at radius 1 is 0.739 bits per heavy atom. The molecule has 0 aliphatic rings. The second kappa shape index (κ2) is 5.90. The van der Waals surface area contributed by atoms with E-state index in [9.17, 15) is 0 Å². The molecule has 112 valence electrons. The summed E-state index contributed by atoms with van der Waals surface area (Å²) in [6, 6.07) is 27.9. The number of fused-ring (bicyclic) bond motifs is 1. The van der Waals surface area contributed by atoms with Crippen molar-refractivity contribution in [2.45, 2.75) is 0 Å². The molecule has 1 heterocycles. The van der Waals surface area contributed by atoms with Crippen LogP contribution in [0.4, 0.5) is 11.4 Å². The van der Waals surface area contributed by atoms with Gasteiger partial charge in [0.2, 0.25) is 0 Å². The van der Waals surface area contributed by atoms with Crippen LogP contribution >= 0.6 is 11.3 Å². The summed E-state index contributed by atoms with van der Waals surface area (Å²) in [6.07, 6.45) is 0. The summed E-state index contributed by atoms with van der Waals surface area (Å²) in [5, 5.41) is 3.47. The van der Waals surface area contributed by atoms with E-state index in [1.807, 2.05) is 0 Å². The topological polar surface area (TPSA) is 3.24 Å². The quantitative estimate of drug-likeness (QED) is 0.426. The Morgan fingerprint density at radius 3 is 2.17 bits per heavy atom. The highest BCUT2D eigenvalue weighted by atomic mass is 32.1. The SMILES string of the molecule is CN(c1ccccc1)c1cc(-c2ccccc2)cc2ccsc12. The van der Waals surface area contributed by atoms with Crippen molar-refractivity contribution < 1.29 is 0 Å². The maximum absolute atomic E-state index is 2.29. The average molecular weight is 315 g/mol. The summed E-state index contributed by atoms with van der Waals surface area (Å²) < 4.78 is 1.33. The molecule has 2 heteroatoms. The fourth-order valence-electron chi connectivity index (χ4n) is 2.90. The number of thiophene rings is 1. The van der Waals surface area contributed by atoms with Gasteiger partial charge >= 0.3 is 0 Å². The first-order valence-corrected chi connectivity index (χ1v) is 8.56. The standard InChI is InChI=1S/C21H17NS/c1-22(19-10-6-3-7-11-19)20-15-18(16-8-4-2-5-9-16)14-17-12-13-23-21(17)20/h2-15H,1H3. The van der Waals surface area contributed by atoms with E-state index < -0.39 is 0 Å². The molecule has 0 fully saturated rings. The number of nitrogens with zero attached hydrogens (tertiary/aromatic N) is 1. The van der Waals surface area contributed by atoms with Gasteiger partial charge in [-0.1, -0.05) is 48.5 Å². The first kappa shape index (κ1) is 14.0. The number of hydrogen-bond donors (Lipinski definition) is 0. The maximum atomic E-state index is 2.29. The first-order valence-electron chi connectivity index (χ1n) is 7.68. The molecule has 3 aromatic carbocycles. The van der Waals surface area contributed by atoms with E-state index in [-0.39, 0.29) is 0 Å². The molecule has 0 unspecified atom stereocenters. The Bertz CT molecular complexity index is 926. The normalized spacial score (nSPS) is 10.8. The van der Waals surface area contributed by atoms with E-state index in [0.717, 1.165) is 0 Å². The number of hydrogen-bond acceptors (Lipinski definition) is 2. The largest absolute Gasteiger partial charge is 0.343 e. The molecular formula is C21H17NS. The lowest BCUT2D eigenvalue weighted by Crippen LogP contribution is -2.09. The minimum absolute atomic E-state index is 1.20. The van der Waals surface area contributed by atoms with E-state index in [0.29, 0.717) is 0 Å². The smallest absolute Gasteiger partial charge is 0.0595 e. The molecule has 0 amide bonds. The van der Waals surface area contributed by atoms with Gasteiger partial charge in [-0.15, -0.1) is 11.3 Å². The maximum Gasteiger partial charge on any atom is 0.0595 e. The van der Waals surface area contributed by atoms with Crippen LogP contribution in [0.3, 0.4) is 0 Å². The summed E-state index contributed by atoms with van der Waals surface area (Å²) in [4.78, 5) is 2.27. The molecule has 23 heavy (non-hydrogen) atoms. The third-order valence-corrected chi connectivity index (χ3v) is 5.10. The molecule has 0 radical (unpaired) electrons. The predicted molar refractivity (Wildman–Crippen MR) is 102 cm³/mol. The lowest BCUT2D eigenvalue weighted by atomic mass is 10.0. The van der Waals surface area contributed by atoms with Crippen molar-refractivity contribution in [2.75, 3.05) is 11.9 Å². The summed E-state index contributed by atoms with van der Waals surface area (Å²) in [5.74, 6) is 0.